The summed E-state index contributed by atoms with van der Waals surface area (Å²) < 4.78 is 4.66. The standard InChI is InChI=1S/C15H19NO3S/c1-10(9-14(17)19-2)20-13-8-7-11-5-3-4-6-12(11)16-15(13)18/h3-6,10,13H,7-9H2,1-2H3,(H,16,18). The Bertz CT molecular complexity index is 504. The molecular formula is C15H19NO3S. The third-order valence-electron chi connectivity index (χ3n) is 3.32. The molecule has 1 aromatic rings. The first-order valence-corrected chi connectivity index (χ1v) is 7.65. The number of para-hydroxylation sites is 1. The first-order valence-electron chi connectivity index (χ1n) is 6.71. The first-order chi connectivity index (χ1) is 9.60. The average Bonchev–Trinajstić information content (AvgIpc) is 2.58. The van der Waals surface area contributed by atoms with Crippen molar-refractivity contribution in [1.29, 1.82) is 0 Å². The van der Waals surface area contributed by atoms with Crippen LogP contribution >= 0.6 is 11.8 Å². The average molecular weight is 293 g/mol. The lowest BCUT2D eigenvalue weighted by Gasteiger charge is -2.17. The molecule has 0 bridgehead atoms. The number of esters is 1. The van der Waals surface area contributed by atoms with Gasteiger partial charge in [0, 0.05) is 10.9 Å². The van der Waals surface area contributed by atoms with Crippen molar-refractivity contribution in [2.24, 2.45) is 0 Å². The molecule has 2 unspecified atom stereocenters. The maximum Gasteiger partial charge on any atom is 0.306 e. The summed E-state index contributed by atoms with van der Waals surface area (Å²) in [6.45, 7) is 1.95. The molecule has 0 saturated heterocycles. The first kappa shape index (κ1) is 14.9. The van der Waals surface area contributed by atoms with E-state index in [9.17, 15) is 9.59 Å². The van der Waals surface area contributed by atoms with Gasteiger partial charge >= 0.3 is 5.97 Å². The second-order valence-corrected chi connectivity index (χ2v) is 6.55. The van der Waals surface area contributed by atoms with Gasteiger partial charge in [-0.25, -0.2) is 0 Å². The molecule has 1 heterocycles. The number of thioether (sulfide) groups is 1. The van der Waals surface area contributed by atoms with E-state index < -0.39 is 0 Å². The van der Waals surface area contributed by atoms with Crippen LogP contribution in [0.2, 0.25) is 0 Å². The Labute approximate surface area is 123 Å². The summed E-state index contributed by atoms with van der Waals surface area (Å²) in [5, 5.41) is 2.91. The van der Waals surface area contributed by atoms with Gasteiger partial charge in [-0.15, -0.1) is 11.8 Å². The molecule has 5 heteroatoms. The van der Waals surface area contributed by atoms with Gasteiger partial charge in [-0.1, -0.05) is 25.1 Å². The Hall–Kier alpha value is -1.49. The molecule has 1 aromatic carbocycles. The normalized spacial score (nSPS) is 19.5. The number of ether oxygens (including phenoxy) is 1. The topological polar surface area (TPSA) is 55.4 Å². The van der Waals surface area contributed by atoms with E-state index in [4.69, 9.17) is 0 Å². The number of hydrogen-bond acceptors (Lipinski definition) is 4. The second kappa shape index (κ2) is 6.79. The Morgan fingerprint density at radius 2 is 2.25 bits per heavy atom. The van der Waals surface area contributed by atoms with Crippen molar-refractivity contribution in [1.82, 2.24) is 0 Å². The van der Waals surface area contributed by atoms with E-state index in [1.165, 1.54) is 12.7 Å². The van der Waals surface area contributed by atoms with Crippen molar-refractivity contribution in [2.45, 2.75) is 36.7 Å². The number of amides is 1. The lowest BCUT2D eigenvalue weighted by Crippen LogP contribution is -2.26. The summed E-state index contributed by atoms with van der Waals surface area (Å²) in [5.74, 6) is -0.209. The molecule has 0 radical (unpaired) electrons. The highest BCUT2D eigenvalue weighted by molar-refractivity contribution is 8.01. The van der Waals surface area contributed by atoms with Crippen LogP contribution in [0.1, 0.15) is 25.3 Å². The summed E-state index contributed by atoms with van der Waals surface area (Å²) in [6.07, 6.45) is 1.99. The molecule has 2 atom stereocenters. The quantitative estimate of drug-likeness (QED) is 0.867. The number of fused-ring (bicyclic) bond motifs is 1. The number of carbonyl (C=O) groups excluding carboxylic acids is 2. The van der Waals surface area contributed by atoms with Crippen LogP contribution in [0.5, 0.6) is 0 Å². The molecule has 0 spiro atoms. The zero-order chi connectivity index (χ0) is 14.5. The van der Waals surface area contributed by atoms with Crippen molar-refractivity contribution in [3.63, 3.8) is 0 Å². The van der Waals surface area contributed by atoms with Gasteiger partial charge < -0.3 is 10.1 Å². The van der Waals surface area contributed by atoms with Gasteiger partial charge in [0.1, 0.15) is 0 Å². The second-order valence-electron chi connectivity index (χ2n) is 4.90. The smallest absolute Gasteiger partial charge is 0.306 e. The zero-order valence-corrected chi connectivity index (χ0v) is 12.5. The van der Waals surface area contributed by atoms with Crippen LogP contribution < -0.4 is 5.32 Å². The van der Waals surface area contributed by atoms with Crippen LogP contribution in [0.15, 0.2) is 24.3 Å². The fraction of sp³-hybridized carbons (Fsp3) is 0.467. The molecule has 1 aliphatic heterocycles. The number of nitrogens with one attached hydrogen (secondary N) is 1. The van der Waals surface area contributed by atoms with Crippen LogP contribution in [0.3, 0.4) is 0 Å². The van der Waals surface area contributed by atoms with Gasteiger partial charge in [0.25, 0.3) is 0 Å². The van der Waals surface area contributed by atoms with E-state index in [1.54, 1.807) is 11.8 Å². The molecule has 0 saturated carbocycles. The number of rotatable bonds is 4. The molecular weight excluding hydrogens is 274 g/mol. The number of anilines is 1. The van der Waals surface area contributed by atoms with E-state index in [-0.39, 0.29) is 22.4 Å². The minimum Gasteiger partial charge on any atom is -0.469 e. The van der Waals surface area contributed by atoms with Gasteiger partial charge in [-0.3, -0.25) is 9.59 Å². The SMILES string of the molecule is COC(=O)CC(C)SC1CCc2ccccc2NC1=O. The number of methoxy groups -OCH3 is 1. The van der Waals surface area contributed by atoms with Crippen molar-refractivity contribution < 1.29 is 14.3 Å². The highest BCUT2D eigenvalue weighted by Crippen LogP contribution is 2.30. The molecule has 0 aromatic heterocycles. The number of carbonyl (C=O) groups is 2. The number of aryl methyl sites for hydroxylation is 1. The van der Waals surface area contributed by atoms with Gasteiger partial charge in [0.15, 0.2) is 0 Å². The van der Waals surface area contributed by atoms with Crippen LogP contribution in [0, 0.1) is 0 Å². The van der Waals surface area contributed by atoms with E-state index in [2.05, 4.69) is 10.1 Å². The molecule has 108 valence electrons. The third-order valence-corrected chi connectivity index (χ3v) is 4.73. The highest BCUT2D eigenvalue weighted by atomic mass is 32.2. The third kappa shape index (κ3) is 3.76. The summed E-state index contributed by atoms with van der Waals surface area (Å²) in [7, 11) is 1.38. The number of benzene rings is 1. The molecule has 1 amide bonds. The maximum absolute atomic E-state index is 12.2. The summed E-state index contributed by atoms with van der Waals surface area (Å²) in [5.41, 5.74) is 2.07. The van der Waals surface area contributed by atoms with Crippen molar-refractivity contribution >= 4 is 29.3 Å². The highest BCUT2D eigenvalue weighted by Gasteiger charge is 2.26. The maximum atomic E-state index is 12.2. The van der Waals surface area contributed by atoms with Crippen LogP contribution in [0.25, 0.3) is 0 Å². The summed E-state index contributed by atoms with van der Waals surface area (Å²) >= 11 is 1.54. The van der Waals surface area contributed by atoms with Gasteiger partial charge in [-0.2, -0.15) is 0 Å². The largest absolute Gasteiger partial charge is 0.469 e. The predicted molar refractivity (Wildman–Crippen MR) is 80.9 cm³/mol. The summed E-state index contributed by atoms with van der Waals surface area (Å²) in [6, 6.07) is 7.88. The Morgan fingerprint density at radius 1 is 1.50 bits per heavy atom. The monoisotopic (exact) mass is 293 g/mol. The van der Waals surface area contributed by atoms with E-state index >= 15 is 0 Å². The van der Waals surface area contributed by atoms with Crippen LogP contribution in [-0.4, -0.2) is 29.5 Å². The Kier molecular flexibility index (Phi) is 5.06. The fourth-order valence-corrected chi connectivity index (χ4v) is 3.50. The zero-order valence-electron chi connectivity index (χ0n) is 11.7. The Morgan fingerprint density at radius 3 is 3.00 bits per heavy atom. The molecule has 1 aliphatic rings. The van der Waals surface area contributed by atoms with Gasteiger partial charge in [0.05, 0.1) is 18.8 Å². The van der Waals surface area contributed by atoms with E-state index in [0.717, 1.165) is 18.5 Å². The predicted octanol–water partition coefficient (Wildman–Crippen LogP) is 2.62. The molecule has 2 rings (SSSR count). The van der Waals surface area contributed by atoms with Gasteiger partial charge in [-0.05, 0) is 24.5 Å². The lowest BCUT2D eigenvalue weighted by atomic mass is 10.1. The van der Waals surface area contributed by atoms with Crippen LogP contribution in [-0.2, 0) is 20.7 Å². The van der Waals surface area contributed by atoms with Crippen molar-refractivity contribution in [2.75, 3.05) is 12.4 Å². The number of hydrogen-bond donors (Lipinski definition) is 1. The van der Waals surface area contributed by atoms with Crippen molar-refractivity contribution in [3.05, 3.63) is 29.8 Å². The van der Waals surface area contributed by atoms with Crippen molar-refractivity contribution in [3.8, 4) is 0 Å². The summed E-state index contributed by atoms with van der Waals surface area (Å²) in [4.78, 5) is 23.5. The molecule has 1 N–H and O–H groups in total. The molecule has 0 fully saturated rings. The fourth-order valence-electron chi connectivity index (χ4n) is 2.27. The minimum absolute atomic E-state index is 0.0247. The van der Waals surface area contributed by atoms with E-state index in [1.807, 2.05) is 31.2 Å². The van der Waals surface area contributed by atoms with Gasteiger partial charge in [0.2, 0.25) is 5.91 Å². The lowest BCUT2D eigenvalue weighted by molar-refractivity contribution is -0.140. The molecule has 4 nitrogen and oxygen atoms in total. The minimum atomic E-state index is -0.234. The molecule has 20 heavy (non-hydrogen) atoms. The van der Waals surface area contributed by atoms with Crippen LogP contribution in [0.4, 0.5) is 5.69 Å². The molecule has 0 aliphatic carbocycles. The van der Waals surface area contributed by atoms with E-state index in [0.29, 0.717) is 6.42 Å². The Balaban J connectivity index is 1.98.